The summed E-state index contributed by atoms with van der Waals surface area (Å²) >= 11 is 0. The number of benzene rings is 2. The van der Waals surface area contributed by atoms with Crippen molar-refractivity contribution in [3.05, 3.63) is 59.2 Å². The fourth-order valence-corrected chi connectivity index (χ4v) is 2.42. The van der Waals surface area contributed by atoms with Gasteiger partial charge in [0.2, 0.25) is 0 Å². The van der Waals surface area contributed by atoms with Crippen molar-refractivity contribution < 1.29 is 10.2 Å². The molecule has 2 aromatic rings. The zero-order chi connectivity index (χ0) is 14.0. The number of rotatable bonds is 3. The zero-order valence-corrected chi connectivity index (χ0v) is 11.6. The van der Waals surface area contributed by atoms with E-state index in [9.17, 15) is 10.2 Å². The third kappa shape index (κ3) is 2.73. The molecule has 0 saturated heterocycles. The van der Waals surface area contributed by atoms with E-state index in [1.54, 1.807) is 12.1 Å². The van der Waals surface area contributed by atoms with Crippen LogP contribution in [0.3, 0.4) is 0 Å². The zero-order valence-electron chi connectivity index (χ0n) is 11.6. The number of hydrogen-bond acceptors (Lipinski definition) is 2. The summed E-state index contributed by atoms with van der Waals surface area (Å²) in [4.78, 5) is 0. The van der Waals surface area contributed by atoms with Crippen molar-refractivity contribution >= 4 is 0 Å². The Morgan fingerprint density at radius 1 is 0.789 bits per heavy atom. The van der Waals surface area contributed by atoms with E-state index >= 15 is 0 Å². The second kappa shape index (κ2) is 5.35. The first-order valence-electron chi connectivity index (χ1n) is 6.61. The Morgan fingerprint density at radius 2 is 1.32 bits per heavy atom. The molecule has 0 amide bonds. The largest absolute Gasteiger partial charge is 0.508 e. The van der Waals surface area contributed by atoms with Crippen molar-refractivity contribution in [3.8, 4) is 11.5 Å². The molecular formula is C17H20O2. The second-order valence-corrected chi connectivity index (χ2v) is 5.26. The standard InChI is InChI=1S/C17H20O2/c1-11(2)17-15(18)9-14(10-16(17)19)12(3)13-7-5-4-6-8-13/h4-12,18-19H,1-3H3. The van der Waals surface area contributed by atoms with Crippen molar-refractivity contribution in [1.29, 1.82) is 0 Å². The van der Waals surface area contributed by atoms with Gasteiger partial charge < -0.3 is 10.2 Å². The molecule has 2 aromatic carbocycles. The first-order chi connectivity index (χ1) is 9.00. The molecular weight excluding hydrogens is 236 g/mol. The van der Waals surface area contributed by atoms with E-state index in [1.165, 1.54) is 5.56 Å². The summed E-state index contributed by atoms with van der Waals surface area (Å²) in [6.07, 6.45) is 0. The maximum Gasteiger partial charge on any atom is 0.123 e. The van der Waals surface area contributed by atoms with Gasteiger partial charge in [-0.05, 0) is 29.2 Å². The first-order valence-corrected chi connectivity index (χ1v) is 6.61. The van der Waals surface area contributed by atoms with Gasteiger partial charge in [0.15, 0.2) is 0 Å². The monoisotopic (exact) mass is 256 g/mol. The van der Waals surface area contributed by atoms with E-state index in [0.29, 0.717) is 5.56 Å². The Hall–Kier alpha value is -1.96. The van der Waals surface area contributed by atoms with Crippen LogP contribution >= 0.6 is 0 Å². The Morgan fingerprint density at radius 3 is 1.79 bits per heavy atom. The Bertz CT molecular complexity index is 536. The van der Waals surface area contributed by atoms with E-state index in [-0.39, 0.29) is 23.3 Å². The van der Waals surface area contributed by atoms with Crippen molar-refractivity contribution in [2.45, 2.75) is 32.6 Å². The lowest BCUT2D eigenvalue weighted by Crippen LogP contribution is -1.98. The van der Waals surface area contributed by atoms with Crippen LogP contribution < -0.4 is 0 Å². The SMILES string of the molecule is CC(C)c1c(O)cc(C(C)c2ccccc2)cc1O. The average Bonchev–Trinajstić information content (AvgIpc) is 2.37. The molecule has 2 nitrogen and oxygen atoms in total. The summed E-state index contributed by atoms with van der Waals surface area (Å²) in [5.41, 5.74) is 2.70. The first kappa shape index (κ1) is 13.5. The minimum atomic E-state index is 0.0982. The minimum Gasteiger partial charge on any atom is -0.508 e. The smallest absolute Gasteiger partial charge is 0.123 e. The molecule has 1 unspecified atom stereocenters. The van der Waals surface area contributed by atoms with E-state index in [4.69, 9.17) is 0 Å². The highest BCUT2D eigenvalue weighted by Crippen LogP contribution is 2.38. The lowest BCUT2D eigenvalue weighted by molar-refractivity contribution is 0.431. The Balaban J connectivity index is 2.42. The number of aromatic hydroxyl groups is 2. The van der Waals surface area contributed by atoms with Crippen molar-refractivity contribution in [1.82, 2.24) is 0 Å². The molecule has 19 heavy (non-hydrogen) atoms. The predicted molar refractivity (Wildman–Crippen MR) is 77.8 cm³/mol. The van der Waals surface area contributed by atoms with Gasteiger partial charge in [-0.2, -0.15) is 0 Å². The van der Waals surface area contributed by atoms with Crippen molar-refractivity contribution in [3.63, 3.8) is 0 Å². The van der Waals surface area contributed by atoms with Gasteiger partial charge in [-0.15, -0.1) is 0 Å². The van der Waals surface area contributed by atoms with Crippen LogP contribution in [0.1, 0.15) is 49.3 Å². The van der Waals surface area contributed by atoms with Gasteiger partial charge in [0.05, 0.1) is 0 Å². The van der Waals surface area contributed by atoms with E-state index < -0.39 is 0 Å². The molecule has 0 aliphatic carbocycles. The van der Waals surface area contributed by atoms with Gasteiger partial charge >= 0.3 is 0 Å². The average molecular weight is 256 g/mol. The van der Waals surface area contributed by atoms with Crippen LogP contribution in [0.25, 0.3) is 0 Å². The maximum atomic E-state index is 10.1. The van der Waals surface area contributed by atoms with Gasteiger partial charge in [0, 0.05) is 11.5 Å². The number of phenolic OH excluding ortho intramolecular Hbond substituents is 2. The predicted octanol–water partition coefficient (Wildman–Crippen LogP) is 4.37. The summed E-state index contributed by atoms with van der Waals surface area (Å²) in [5.74, 6) is 0.584. The molecule has 0 saturated carbocycles. The molecule has 0 aromatic heterocycles. The topological polar surface area (TPSA) is 40.5 Å². The molecule has 2 N–H and O–H groups in total. The highest BCUT2D eigenvalue weighted by molar-refractivity contribution is 5.50. The number of phenols is 2. The van der Waals surface area contributed by atoms with Crippen LogP contribution in [-0.4, -0.2) is 10.2 Å². The van der Waals surface area contributed by atoms with Crippen LogP contribution in [0.2, 0.25) is 0 Å². The summed E-state index contributed by atoms with van der Waals surface area (Å²) in [6.45, 7) is 5.97. The quantitative estimate of drug-likeness (QED) is 0.856. The lowest BCUT2D eigenvalue weighted by atomic mass is 9.90. The fraction of sp³-hybridized carbons (Fsp3) is 0.294. The highest BCUT2D eigenvalue weighted by atomic mass is 16.3. The van der Waals surface area contributed by atoms with Crippen LogP contribution in [0.15, 0.2) is 42.5 Å². The second-order valence-electron chi connectivity index (χ2n) is 5.26. The van der Waals surface area contributed by atoms with E-state index in [1.807, 2.05) is 32.0 Å². The minimum absolute atomic E-state index is 0.0982. The molecule has 0 spiro atoms. The summed E-state index contributed by atoms with van der Waals surface area (Å²) in [6, 6.07) is 13.6. The van der Waals surface area contributed by atoms with Gasteiger partial charge in [-0.3, -0.25) is 0 Å². The maximum absolute atomic E-state index is 10.1. The lowest BCUT2D eigenvalue weighted by Gasteiger charge is -2.17. The molecule has 2 heteroatoms. The molecule has 2 rings (SSSR count). The van der Waals surface area contributed by atoms with Crippen LogP contribution in [0.4, 0.5) is 0 Å². The van der Waals surface area contributed by atoms with Gasteiger partial charge in [-0.25, -0.2) is 0 Å². The molecule has 100 valence electrons. The Labute approximate surface area is 114 Å². The fourth-order valence-electron chi connectivity index (χ4n) is 2.42. The Kier molecular flexibility index (Phi) is 3.79. The molecule has 0 aliphatic rings. The van der Waals surface area contributed by atoms with Gasteiger partial charge in [0.25, 0.3) is 0 Å². The summed E-state index contributed by atoms with van der Waals surface area (Å²) in [5, 5.41) is 20.2. The van der Waals surface area contributed by atoms with Crippen LogP contribution in [0, 0.1) is 0 Å². The summed E-state index contributed by atoms with van der Waals surface area (Å²) in [7, 11) is 0. The summed E-state index contributed by atoms with van der Waals surface area (Å²) < 4.78 is 0. The molecule has 0 fully saturated rings. The molecule has 1 atom stereocenters. The normalized spacial score (nSPS) is 12.6. The molecule has 0 aliphatic heterocycles. The third-order valence-electron chi connectivity index (χ3n) is 3.54. The number of hydrogen-bond donors (Lipinski definition) is 2. The van der Waals surface area contributed by atoms with Crippen LogP contribution in [0.5, 0.6) is 11.5 Å². The third-order valence-corrected chi connectivity index (χ3v) is 3.54. The molecule has 0 heterocycles. The highest BCUT2D eigenvalue weighted by Gasteiger charge is 2.16. The van der Waals surface area contributed by atoms with Crippen molar-refractivity contribution in [2.24, 2.45) is 0 Å². The molecule has 0 radical (unpaired) electrons. The van der Waals surface area contributed by atoms with E-state index in [0.717, 1.165) is 5.56 Å². The van der Waals surface area contributed by atoms with Gasteiger partial charge in [0.1, 0.15) is 11.5 Å². The van der Waals surface area contributed by atoms with E-state index in [2.05, 4.69) is 19.1 Å². The van der Waals surface area contributed by atoms with Crippen molar-refractivity contribution in [2.75, 3.05) is 0 Å². The van der Waals surface area contributed by atoms with Crippen LogP contribution in [-0.2, 0) is 0 Å². The van der Waals surface area contributed by atoms with Gasteiger partial charge in [-0.1, -0.05) is 51.1 Å². The molecule has 0 bridgehead atoms.